The standard InChI is InChI=1S/C23H39N3O8/c1-9-12(6)15-23(32)34-18(11(4)5)21(30)26-16(14(8)27)19(28)24-13(7)22(31)33-17(10(2)3)20(29)25-15/h10-18,27H,9H2,1-8H3,(H,24,28)(H,25,29)(H,26,30)/t12-,13-,14+,15-,16+,17?,18?/m0/s1. The summed E-state index contributed by atoms with van der Waals surface area (Å²) in [7, 11) is 0. The molecule has 0 aromatic rings. The molecule has 7 atom stereocenters. The van der Waals surface area contributed by atoms with Crippen LogP contribution in [-0.4, -0.2) is 71.2 Å². The molecule has 0 aromatic carbocycles. The topological polar surface area (TPSA) is 160 Å². The van der Waals surface area contributed by atoms with Crippen molar-refractivity contribution in [2.45, 2.75) is 98.2 Å². The van der Waals surface area contributed by atoms with Crippen molar-refractivity contribution in [1.29, 1.82) is 0 Å². The lowest BCUT2D eigenvalue weighted by Gasteiger charge is -2.29. The van der Waals surface area contributed by atoms with Crippen molar-refractivity contribution in [2.75, 3.05) is 0 Å². The molecule has 1 fully saturated rings. The highest BCUT2D eigenvalue weighted by molar-refractivity contribution is 5.94. The van der Waals surface area contributed by atoms with Crippen LogP contribution < -0.4 is 16.0 Å². The molecule has 4 N–H and O–H groups in total. The number of nitrogens with one attached hydrogen (secondary N) is 3. The van der Waals surface area contributed by atoms with E-state index in [4.69, 9.17) is 9.47 Å². The largest absolute Gasteiger partial charge is 0.450 e. The van der Waals surface area contributed by atoms with Gasteiger partial charge < -0.3 is 30.5 Å². The number of amides is 3. The molecule has 0 saturated carbocycles. The summed E-state index contributed by atoms with van der Waals surface area (Å²) in [5.41, 5.74) is 0. The highest BCUT2D eigenvalue weighted by Gasteiger charge is 2.39. The first-order valence-corrected chi connectivity index (χ1v) is 11.7. The van der Waals surface area contributed by atoms with E-state index >= 15 is 0 Å². The minimum absolute atomic E-state index is 0.348. The molecular formula is C23H39N3O8. The van der Waals surface area contributed by atoms with Gasteiger partial charge in [-0.2, -0.15) is 0 Å². The highest BCUT2D eigenvalue weighted by Crippen LogP contribution is 2.17. The third kappa shape index (κ3) is 7.68. The lowest BCUT2D eigenvalue weighted by Crippen LogP contribution is -2.58. The fourth-order valence-corrected chi connectivity index (χ4v) is 3.32. The molecule has 1 aliphatic heterocycles. The number of rotatable bonds is 5. The Hall–Kier alpha value is -2.69. The first kappa shape index (κ1) is 29.3. The van der Waals surface area contributed by atoms with Crippen LogP contribution in [0.3, 0.4) is 0 Å². The van der Waals surface area contributed by atoms with Crippen molar-refractivity contribution in [3.63, 3.8) is 0 Å². The average molecular weight is 486 g/mol. The number of carbonyl (C=O) groups is 5. The number of carbonyl (C=O) groups excluding carboxylic acids is 5. The zero-order valence-corrected chi connectivity index (χ0v) is 21.2. The lowest BCUT2D eigenvalue weighted by atomic mass is 9.97. The Balaban J connectivity index is 3.49. The number of hydrogen-bond donors (Lipinski definition) is 4. The van der Waals surface area contributed by atoms with E-state index < -0.39 is 77.9 Å². The maximum absolute atomic E-state index is 13.1. The number of esters is 2. The average Bonchev–Trinajstić information content (AvgIpc) is 2.74. The fourth-order valence-electron chi connectivity index (χ4n) is 3.32. The van der Waals surface area contributed by atoms with Crippen LogP contribution in [0.15, 0.2) is 0 Å². The van der Waals surface area contributed by atoms with E-state index in [2.05, 4.69) is 16.0 Å². The van der Waals surface area contributed by atoms with Gasteiger partial charge in [0.1, 0.15) is 18.1 Å². The number of cyclic esters (lactones) is 2. The number of ether oxygens (including phenoxy) is 2. The van der Waals surface area contributed by atoms with Crippen molar-refractivity contribution in [3.05, 3.63) is 0 Å². The van der Waals surface area contributed by atoms with Crippen molar-refractivity contribution in [2.24, 2.45) is 17.8 Å². The van der Waals surface area contributed by atoms with E-state index in [0.717, 1.165) is 0 Å². The van der Waals surface area contributed by atoms with E-state index in [0.29, 0.717) is 6.42 Å². The highest BCUT2D eigenvalue weighted by atomic mass is 16.6. The molecule has 34 heavy (non-hydrogen) atoms. The van der Waals surface area contributed by atoms with Gasteiger partial charge in [0.15, 0.2) is 12.2 Å². The van der Waals surface area contributed by atoms with Crippen LogP contribution in [0.1, 0.15) is 61.8 Å². The summed E-state index contributed by atoms with van der Waals surface area (Å²) in [6.45, 7) is 12.9. The molecule has 1 rings (SSSR count). The molecule has 11 heteroatoms. The quantitative estimate of drug-likeness (QED) is 0.397. The second kappa shape index (κ2) is 12.7. The Morgan fingerprint density at radius 3 is 1.59 bits per heavy atom. The Labute approximate surface area is 200 Å². The van der Waals surface area contributed by atoms with Gasteiger partial charge >= 0.3 is 11.9 Å². The van der Waals surface area contributed by atoms with E-state index in [9.17, 15) is 29.1 Å². The summed E-state index contributed by atoms with van der Waals surface area (Å²) in [6, 6.07) is -3.69. The van der Waals surface area contributed by atoms with Gasteiger partial charge in [-0.25, -0.2) is 9.59 Å². The van der Waals surface area contributed by atoms with E-state index in [1.807, 2.05) is 6.92 Å². The van der Waals surface area contributed by atoms with Gasteiger partial charge in [-0.3, -0.25) is 14.4 Å². The first-order chi connectivity index (χ1) is 15.7. The van der Waals surface area contributed by atoms with E-state index in [-0.39, 0.29) is 5.92 Å². The van der Waals surface area contributed by atoms with Crippen LogP contribution in [0, 0.1) is 17.8 Å². The predicted octanol–water partition coefficient (Wildman–Crippen LogP) is 0.0368. The lowest BCUT2D eigenvalue weighted by molar-refractivity contribution is -0.165. The normalized spacial score (nSPS) is 29.7. The maximum Gasteiger partial charge on any atom is 0.329 e. The summed E-state index contributed by atoms with van der Waals surface area (Å²) in [5, 5.41) is 17.5. The van der Waals surface area contributed by atoms with Gasteiger partial charge in [0.05, 0.1) is 6.10 Å². The molecule has 0 aromatic heterocycles. The Kier molecular flexibility index (Phi) is 10.9. The molecular weight excluding hydrogens is 446 g/mol. The second-order valence-corrected chi connectivity index (χ2v) is 9.53. The van der Waals surface area contributed by atoms with Crippen LogP contribution >= 0.6 is 0 Å². The molecule has 1 heterocycles. The number of aliphatic hydroxyl groups is 1. The zero-order valence-electron chi connectivity index (χ0n) is 21.2. The molecule has 194 valence electrons. The zero-order chi connectivity index (χ0) is 26.3. The van der Waals surface area contributed by atoms with Crippen molar-refractivity contribution >= 4 is 29.7 Å². The van der Waals surface area contributed by atoms with E-state index in [1.54, 1.807) is 34.6 Å². The summed E-state index contributed by atoms with van der Waals surface area (Å²) in [6.07, 6.45) is -3.31. The van der Waals surface area contributed by atoms with Crippen LogP contribution in [0.5, 0.6) is 0 Å². The van der Waals surface area contributed by atoms with E-state index in [1.165, 1.54) is 13.8 Å². The maximum atomic E-state index is 13.1. The minimum atomic E-state index is -1.42. The van der Waals surface area contributed by atoms with Gasteiger partial charge in [-0.05, 0) is 31.6 Å². The van der Waals surface area contributed by atoms with Crippen molar-refractivity contribution < 1.29 is 38.6 Å². The summed E-state index contributed by atoms with van der Waals surface area (Å²) in [4.78, 5) is 64.4. The summed E-state index contributed by atoms with van der Waals surface area (Å²) >= 11 is 0. The minimum Gasteiger partial charge on any atom is -0.450 e. The van der Waals surface area contributed by atoms with Crippen LogP contribution in [0.2, 0.25) is 0 Å². The van der Waals surface area contributed by atoms with Gasteiger partial charge in [0.25, 0.3) is 11.8 Å². The Morgan fingerprint density at radius 1 is 0.735 bits per heavy atom. The van der Waals surface area contributed by atoms with Crippen molar-refractivity contribution in [1.82, 2.24) is 16.0 Å². The van der Waals surface area contributed by atoms with Crippen molar-refractivity contribution in [3.8, 4) is 0 Å². The van der Waals surface area contributed by atoms with Crippen LogP contribution in [-0.2, 0) is 33.4 Å². The first-order valence-electron chi connectivity index (χ1n) is 11.7. The monoisotopic (exact) mass is 485 g/mol. The molecule has 11 nitrogen and oxygen atoms in total. The summed E-state index contributed by atoms with van der Waals surface area (Å²) < 4.78 is 10.9. The number of aliphatic hydroxyl groups excluding tert-OH is 1. The third-order valence-corrected chi connectivity index (χ3v) is 5.75. The smallest absolute Gasteiger partial charge is 0.329 e. The number of hydrogen-bond acceptors (Lipinski definition) is 8. The molecule has 2 unspecified atom stereocenters. The molecule has 0 radical (unpaired) electrons. The fraction of sp³-hybridized carbons (Fsp3) is 0.783. The van der Waals surface area contributed by atoms with Gasteiger partial charge in [0.2, 0.25) is 5.91 Å². The second-order valence-electron chi connectivity index (χ2n) is 9.53. The SMILES string of the molecule is CC[C@H](C)[C@@H]1NC(=O)C(C(C)C)OC(=O)[C@H](C)NC(=O)[C@@H]([C@@H](C)O)NC(=O)C(C(C)C)OC1=O. The Bertz CT molecular complexity index is 767. The molecule has 0 spiro atoms. The molecule has 1 aliphatic rings. The third-order valence-electron chi connectivity index (χ3n) is 5.75. The predicted molar refractivity (Wildman–Crippen MR) is 122 cm³/mol. The molecule has 0 bridgehead atoms. The molecule has 3 amide bonds. The van der Waals surface area contributed by atoms with Gasteiger partial charge in [-0.15, -0.1) is 0 Å². The van der Waals surface area contributed by atoms with Gasteiger partial charge in [-0.1, -0.05) is 48.0 Å². The molecule has 0 aliphatic carbocycles. The van der Waals surface area contributed by atoms with Crippen LogP contribution in [0.25, 0.3) is 0 Å². The summed E-state index contributed by atoms with van der Waals surface area (Å²) in [5.74, 6) is -5.28. The Morgan fingerprint density at radius 2 is 1.18 bits per heavy atom. The molecule has 1 saturated heterocycles. The van der Waals surface area contributed by atoms with Crippen LogP contribution in [0.4, 0.5) is 0 Å². The van der Waals surface area contributed by atoms with Gasteiger partial charge in [0, 0.05) is 0 Å².